The molecule has 2 rings (SSSR count). The summed E-state index contributed by atoms with van der Waals surface area (Å²) >= 11 is 0. The molecule has 0 saturated carbocycles. The first-order valence-electron chi connectivity index (χ1n) is 5.44. The first kappa shape index (κ1) is 10.7. The van der Waals surface area contributed by atoms with E-state index >= 15 is 0 Å². The zero-order chi connectivity index (χ0) is 11.2. The predicted octanol–water partition coefficient (Wildman–Crippen LogP) is 2.01. The number of ether oxygens (including phenoxy) is 1. The largest absolute Gasteiger partial charge is 0.489 e. The lowest BCUT2D eigenvalue weighted by Crippen LogP contribution is -2.47. The maximum atomic E-state index is 5.71. The molecular weight excluding hydrogens is 198 g/mol. The Labute approximate surface area is 95.7 Å². The lowest BCUT2D eigenvalue weighted by molar-refractivity contribution is -0.386. The van der Waals surface area contributed by atoms with E-state index in [-0.39, 0.29) is 0 Å². The molecule has 0 unspecified atom stereocenters. The van der Waals surface area contributed by atoms with Gasteiger partial charge in [0, 0.05) is 5.56 Å². The number of rotatable bonds is 4. The minimum absolute atomic E-state index is 0.607. The van der Waals surface area contributed by atoms with Crippen molar-refractivity contribution in [3.63, 3.8) is 0 Å². The lowest BCUT2D eigenvalue weighted by atomic mass is 10.1. The van der Waals surface area contributed by atoms with E-state index in [4.69, 9.17) is 4.74 Å². The van der Waals surface area contributed by atoms with E-state index in [1.807, 2.05) is 42.5 Å². The van der Waals surface area contributed by atoms with Crippen LogP contribution in [-0.4, -0.2) is 0 Å². The predicted molar refractivity (Wildman–Crippen MR) is 63.8 cm³/mol. The van der Waals surface area contributed by atoms with Crippen molar-refractivity contribution in [3.05, 3.63) is 65.7 Å². The SMILES string of the molecule is [NH3+]Cc1ccccc1COc1ccccc1. The lowest BCUT2D eigenvalue weighted by Gasteiger charge is -2.08. The van der Waals surface area contributed by atoms with Gasteiger partial charge in [0.15, 0.2) is 0 Å². The number of para-hydroxylation sites is 1. The van der Waals surface area contributed by atoms with Gasteiger partial charge in [0.2, 0.25) is 0 Å². The minimum Gasteiger partial charge on any atom is -0.489 e. The third kappa shape index (κ3) is 2.61. The molecular formula is C14H16NO+. The van der Waals surface area contributed by atoms with Gasteiger partial charge in [-0.1, -0.05) is 42.5 Å². The van der Waals surface area contributed by atoms with Crippen LogP contribution in [-0.2, 0) is 13.2 Å². The van der Waals surface area contributed by atoms with Gasteiger partial charge >= 0.3 is 0 Å². The van der Waals surface area contributed by atoms with Gasteiger partial charge in [-0.15, -0.1) is 0 Å². The van der Waals surface area contributed by atoms with E-state index in [1.165, 1.54) is 11.1 Å². The third-order valence-corrected chi connectivity index (χ3v) is 2.53. The molecule has 0 aromatic heterocycles. The van der Waals surface area contributed by atoms with Crippen LogP contribution >= 0.6 is 0 Å². The van der Waals surface area contributed by atoms with E-state index in [1.54, 1.807) is 0 Å². The molecule has 2 nitrogen and oxygen atoms in total. The molecule has 2 heteroatoms. The molecule has 0 aliphatic carbocycles. The summed E-state index contributed by atoms with van der Waals surface area (Å²) in [6.07, 6.45) is 0. The Morgan fingerprint density at radius 1 is 0.812 bits per heavy atom. The molecule has 0 heterocycles. The average Bonchev–Trinajstić information content (AvgIpc) is 2.38. The second kappa shape index (κ2) is 5.33. The number of benzene rings is 2. The summed E-state index contributed by atoms with van der Waals surface area (Å²) in [7, 11) is 0. The number of hydrogen-bond donors (Lipinski definition) is 1. The van der Waals surface area contributed by atoms with Crippen LogP contribution in [0.1, 0.15) is 11.1 Å². The maximum Gasteiger partial charge on any atom is 0.119 e. The number of quaternary nitrogens is 1. The van der Waals surface area contributed by atoms with Gasteiger partial charge in [0.1, 0.15) is 18.9 Å². The summed E-state index contributed by atoms with van der Waals surface area (Å²) in [5.74, 6) is 0.904. The summed E-state index contributed by atoms with van der Waals surface area (Å²) < 4.78 is 5.71. The van der Waals surface area contributed by atoms with Crippen molar-refractivity contribution in [2.75, 3.05) is 0 Å². The molecule has 2 aromatic rings. The van der Waals surface area contributed by atoms with Gasteiger partial charge in [-0.3, -0.25) is 0 Å². The molecule has 0 atom stereocenters. The van der Waals surface area contributed by atoms with E-state index in [2.05, 4.69) is 17.9 Å². The molecule has 0 spiro atoms. The molecule has 3 N–H and O–H groups in total. The van der Waals surface area contributed by atoms with Crippen molar-refractivity contribution >= 4 is 0 Å². The fourth-order valence-electron chi connectivity index (χ4n) is 1.62. The number of hydrogen-bond acceptors (Lipinski definition) is 1. The zero-order valence-electron chi connectivity index (χ0n) is 9.23. The van der Waals surface area contributed by atoms with Crippen LogP contribution in [0.2, 0.25) is 0 Å². The van der Waals surface area contributed by atoms with Crippen molar-refractivity contribution in [2.45, 2.75) is 13.2 Å². The molecule has 16 heavy (non-hydrogen) atoms. The normalized spacial score (nSPS) is 10.1. The van der Waals surface area contributed by atoms with Gasteiger partial charge < -0.3 is 10.5 Å². The smallest absolute Gasteiger partial charge is 0.119 e. The molecule has 0 amide bonds. The van der Waals surface area contributed by atoms with E-state index < -0.39 is 0 Å². The first-order chi connectivity index (χ1) is 7.90. The van der Waals surface area contributed by atoms with Gasteiger partial charge in [0.25, 0.3) is 0 Å². The van der Waals surface area contributed by atoms with Crippen LogP contribution in [0.25, 0.3) is 0 Å². The van der Waals surface area contributed by atoms with Crippen molar-refractivity contribution in [2.24, 2.45) is 0 Å². The standard InChI is InChI=1S/C14H15NO/c15-10-12-6-4-5-7-13(12)11-16-14-8-2-1-3-9-14/h1-9H,10-11,15H2/p+1. The van der Waals surface area contributed by atoms with E-state index in [9.17, 15) is 0 Å². The molecule has 0 fully saturated rings. The summed E-state index contributed by atoms with van der Waals surface area (Å²) in [4.78, 5) is 0. The van der Waals surface area contributed by atoms with E-state index in [0.717, 1.165) is 12.3 Å². The van der Waals surface area contributed by atoms with Crippen LogP contribution < -0.4 is 10.5 Å². The summed E-state index contributed by atoms with van der Waals surface area (Å²) in [6, 6.07) is 18.1. The maximum absolute atomic E-state index is 5.71. The van der Waals surface area contributed by atoms with Crippen LogP contribution in [0.4, 0.5) is 0 Å². The summed E-state index contributed by atoms with van der Waals surface area (Å²) in [6.45, 7) is 1.41. The summed E-state index contributed by atoms with van der Waals surface area (Å²) in [5, 5.41) is 0. The third-order valence-electron chi connectivity index (χ3n) is 2.53. The van der Waals surface area contributed by atoms with Crippen LogP contribution in [0.15, 0.2) is 54.6 Å². The Bertz CT molecular complexity index is 439. The minimum atomic E-state index is 0.607. The Balaban J connectivity index is 2.05. The fraction of sp³-hybridized carbons (Fsp3) is 0.143. The fourth-order valence-corrected chi connectivity index (χ4v) is 1.62. The molecule has 0 bridgehead atoms. The Hall–Kier alpha value is -1.80. The second-order valence-electron chi connectivity index (χ2n) is 3.62. The van der Waals surface area contributed by atoms with Crippen molar-refractivity contribution in [1.82, 2.24) is 0 Å². The topological polar surface area (TPSA) is 36.9 Å². The highest BCUT2D eigenvalue weighted by atomic mass is 16.5. The quantitative estimate of drug-likeness (QED) is 0.830. The van der Waals surface area contributed by atoms with Gasteiger partial charge in [0.05, 0.1) is 0 Å². The van der Waals surface area contributed by atoms with Crippen LogP contribution in [0, 0.1) is 0 Å². The molecule has 2 aromatic carbocycles. The highest BCUT2D eigenvalue weighted by molar-refractivity contribution is 5.27. The Morgan fingerprint density at radius 2 is 1.44 bits per heavy atom. The monoisotopic (exact) mass is 214 g/mol. The molecule has 0 aliphatic heterocycles. The van der Waals surface area contributed by atoms with Crippen LogP contribution in [0.5, 0.6) is 5.75 Å². The van der Waals surface area contributed by atoms with Crippen molar-refractivity contribution < 1.29 is 10.5 Å². The van der Waals surface area contributed by atoms with Gasteiger partial charge in [-0.2, -0.15) is 0 Å². The Kier molecular flexibility index (Phi) is 3.57. The zero-order valence-corrected chi connectivity index (χ0v) is 9.23. The summed E-state index contributed by atoms with van der Waals surface area (Å²) in [5.41, 5.74) is 6.37. The molecule has 0 saturated heterocycles. The van der Waals surface area contributed by atoms with E-state index in [0.29, 0.717) is 6.61 Å². The average molecular weight is 214 g/mol. The van der Waals surface area contributed by atoms with Crippen LogP contribution in [0.3, 0.4) is 0 Å². The second-order valence-corrected chi connectivity index (χ2v) is 3.62. The first-order valence-corrected chi connectivity index (χ1v) is 5.44. The van der Waals surface area contributed by atoms with Gasteiger partial charge in [-0.25, -0.2) is 0 Å². The van der Waals surface area contributed by atoms with Crippen molar-refractivity contribution in [1.29, 1.82) is 0 Å². The molecule has 0 aliphatic rings. The Morgan fingerprint density at radius 3 is 2.12 bits per heavy atom. The van der Waals surface area contributed by atoms with Crippen molar-refractivity contribution in [3.8, 4) is 5.75 Å². The molecule has 0 radical (unpaired) electrons. The highest BCUT2D eigenvalue weighted by Crippen LogP contribution is 2.13. The highest BCUT2D eigenvalue weighted by Gasteiger charge is 2.01. The van der Waals surface area contributed by atoms with Gasteiger partial charge in [-0.05, 0) is 17.7 Å². The molecule has 82 valence electrons.